The number of carbonyl (C=O) groups excluding carboxylic acids is 1. The van der Waals surface area contributed by atoms with E-state index in [9.17, 15) is 14.9 Å². The van der Waals surface area contributed by atoms with Crippen molar-refractivity contribution < 1.29 is 19.4 Å². The number of para-hydroxylation sites is 1. The van der Waals surface area contributed by atoms with Crippen molar-refractivity contribution in [2.24, 2.45) is 0 Å². The molecule has 146 valence electrons. The largest absolute Gasteiger partial charge is 0.494 e. The zero-order chi connectivity index (χ0) is 20.8. The number of anilines is 1. The Balaban J connectivity index is 1.92. The van der Waals surface area contributed by atoms with E-state index in [-0.39, 0.29) is 12.1 Å². The van der Waals surface area contributed by atoms with Gasteiger partial charge in [0, 0.05) is 34.4 Å². The van der Waals surface area contributed by atoms with Crippen LogP contribution in [0.4, 0.5) is 5.69 Å². The molecule has 0 aliphatic carbocycles. The molecule has 0 atom stereocenters. The highest BCUT2D eigenvalue weighted by Crippen LogP contribution is 2.24. The molecule has 0 saturated heterocycles. The van der Waals surface area contributed by atoms with Gasteiger partial charge in [-0.05, 0) is 31.2 Å². The highest BCUT2D eigenvalue weighted by molar-refractivity contribution is 6.10. The summed E-state index contributed by atoms with van der Waals surface area (Å²) in [6.07, 6.45) is 3.08. The third-order valence-electron chi connectivity index (χ3n) is 4.19. The molecular formula is C22H19N3O4. The lowest BCUT2D eigenvalue weighted by Crippen LogP contribution is -2.13. The number of benzene rings is 2. The predicted octanol–water partition coefficient (Wildman–Crippen LogP) is 3.67. The van der Waals surface area contributed by atoms with Crippen LogP contribution in [-0.4, -0.2) is 28.2 Å². The van der Waals surface area contributed by atoms with E-state index in [2.05, 4.69) is 5.32 Å². The number of aliphatic carboxylic acids is 1. The van der Waals surface area contributed by atoms with Gasteiger partial charge in [-0.25, -0.2) is 0 Å². The van der Waals surface area contributed by atoms with E-state index < -0.39 is 11.9 Å². The summed E-state index contributed by atoms with van der Waals surface area (Å²) in [6.45, 7) is 2.15. The lowest BCUT2D eigenvalue weighted by Gasteiger charge is -2.07. The van der Waals surface area contributed by atoms with Crippen LogP contribution in [0.3, 0.4) is 0 Å². The van der Waals surface area contributed by atoms with Gasteiger partial charge in [-0.2, -0.15) is 5.26 Å². The van der Waals surface area contributed by atoms with Crippen LogP contribution in [0.5, 0.6) is 5.75 Å². The second kappa shape index (κ2) is 8.76. The van der Waals surface area contributed by atoms with Crippen molar-refractivity contribution in [1.82, 2.24) is 4.57 Å². The molecule has 2 aromatic carbocycles. The van der Waals surface area contributed by atoms with Crippen molar-refractivity contribution in [1.29, 1.82) is 5.26 Å². The molecule has 1 amide bonds. The zero-order valence-electron chi connectivity index (χ0n) is 15.8. The maximum atomic E-state index is 12.6. The molecule has 3 aromatic rings. The molecule has 3 rings (SSSR count). The number of fused-ring (bicyclic) bond motifs is 1. The van der Waals surface area contributed by atoms with Crippen LogP contribution in [0.15, 0.2) is 60.3 Å². The molecule has 1 heterocycles. The molecule has 2 N–H and O–H groups in total. The smallest absolute Gasteiger partial charge is 0.323 e. The number of rotatable bonds is 7. The van der Waals surface area contributed by atoms with Crippen LogP contribution < -0.4 is 10.1 Å². The number of carbonyl (C=O) groups is 2. The Hall–Kier alpha value is -4.05. The summed E-state index contributed by atoms with van der Waals surface area (Å²) in [5, 5.41) is 22.1. The van der Waals surface area contributed by atoms with Gasteiger partial charge in [-0.1, -0.05) is 24.3 Å². The van der Waals surface area contributed by atoms with E-state index in [1.54, 1.807) is 47.2 Å². The molecule has 0 bridgehead atoms. The normalized spacial score (nSPS) is 11.1. The third kappa shape index (κ3) is 4.62. The van der Waals surface area contributed by atoms with Crippen LogP contribution in [-0.2, 0) is 16.1 Å². The summed E-state index contributed by atoms with van der Waals surface area (Å²) in [5.41, 5.74) is 1.72. The van der Waals surface area contributed by atoms with E-state index in [0.29, 0.717) is 29.1 Å². The van der Waals surface area contributed by atoms with Crippen LogP contribution in [0, 0.1) is 11.3 Å². The average Bonchev–Trinajstić information content (AvgIpc) is 3.03. The van der Waals surface area contributed by atoms with Gasteiger partial charge >= 0.3 is 5.97 Å². The van der Waals surface area contributed by atoms with Gasteiger partial charge in [0.1, 0.15) is 23.9 Å². The number of hydrogen-bond acceptors (Lipinski definition) is 4. The van der Waals surface area contributed by atoms with Gasteiger partial charge < -0.3 is 19.7 Å². The molecule has 0 unspecified atom stereocenters. The van der Waals surface area contributed by atoms with E-state index in [1.807, 2.05) is 25.1 Å². The Morgan fingerprint density at radius 2 is 2.03 bits per heavy atom. The summed E-state index contributed by atoms with van der Waals surface area (Å²) >= 11 is 0. The van der Waals surface area contributed by atoms with E-state index >= 15 is 0 Å². The van der Waals surface area contributed by atoms with Gasteiger partial charge in [-0.15, -0.1) is 0 Å². The molecule has 7 nitrogen and oxygen atoms in total. The van der Waals surface area contributed by atoms with Crippen LogP contribution >= 0.6 is 0 Å². The maximum absolute atomic E-state index is 12.6. The Bertz CT molecular complexity index is 1140. The standard InChI is InChI=1S/C22H19N3O4/c1-2-29-18-7-5-6-17(11-18)24-22(28)15(12-23)10-16-13-25(14-21(26)27)20-9-4-3-8-19(16)20/h3-11,13H,2,14H2,1H3,(H,24,28)(H,26,27). The molecule has 0 radical (unpaired) electrons. The average molecular weight is 389 g/mol. The minimum absolute atomic E-state index is 0.0926. The lowest BCUT2D eigenvalue weighted by atomic mass is 10.1. The highest BCUT2D eigenvalue weighted by Gasteiger charge is 2.14. The zero-order valence-corrected chi connectivity index (χ0v) is 15.8. The van der Waals surface area contributed by atoms with Crippen LogP contribution in [0.25, 0.3) is 17.0 Å². The number of carboxylic acids is 1. The molecule has 1 aromatic heterocycles. The summed E-state index contributed by atoms with van der Waals surface area (Å²) in [7, 11) is 0. The molecule has 0 saturated carbocycles. The van der Waals surface area contributed by atoms with Crippen molar-refractivity contribution in [3.8, 4) is 11.8 Å². The number of amides is 1. The Morgan fingerprint density at radius 1 is 1.24 bits per heavy atom. The van der Waals surface area contributed by atoms with Gasteiger partial charge in [0.25, 0.3) is 5.91 Å². The Kier molecular flexibility index (Phi) is 5.95. The first-order valence-electron chi connectivity index (χ1n) is 8.97. The monoisotopic (exact) mass is 389 g/mol. The predicted molar refractivity (Wildman–Crippen MR) is 109 cm³/mol. The van der Waals surface area contributed by atoms with Crippen molar-refractivity contribution in [2.75, 3.05) is 11.9 Å². The van der Waals surface area contributed by atoms with Crippen LogP contribution in [0.2, 0.25) is 0 Å². The number of nitrogens with zero attached hydrogens (tertiary/aromatic N) is 2. The first-order chi connectivity index (χ1) is 14.0. The van der Waals surface area contributed by atoms with Crippen molar-refractivity contribution in [2.45, 2.75) is 13.5 Å². The summed E-state index contributed by atoms with van der Waals surface area (Å²) in [5.74, 6) is -0.922. The topological polar surface area (TPSA) is 104 Å². The Morgan fingerprint density at radius 3 is 2.76 bits per heavy atom. The minimum Gasteiger partial charge on any atom is -0.494 e. The fourth-order valence-electron chi connectivity index (χ4n) is 3.00. The first-order valence-corrected chi connectivity index (χ1v) is 8.97. The minimum atomic E-state index is -0.978. The third-order valence-corrected chi connectivity index (χ3v) is 4.19. The molecule has 7 heteroatoms. The fraction of sp³-hybridized carbons (Fsp3) is 0.136. The molecule has 29 heavy (non-hydrogen) atoms. The highest BCUT2D eigenvalue weighted by atomic mass is 16.5. The van der Waals surface area contributed by atoms with Crippen LogP contribution in [0.1, 0.15) is 12.5 Å². The quantitative estimate of drug-likeness (QED) is 0.474. The second-order valence-corrected chi connectivity index (χ2v) is 6.21. The van der Waals surface area contributed by atoms with E-state index in [0.717, 1.165) is 5.39 Å². The fourth-order valence-corrected chi connectivity index (χ4v) is 3.00. The Labute approximate surface area is 167 Å². The SMILES string of the molecule is CCOc1cccc(NC(=O)C(C#N)=Cc2cn(CC(=O)O)c3ccccc23)c1. The lowest BCUT2D eigenvalue weighted by molar-refractivity contribution is -0.137. The summed E-state index contributed by atoms with van der Waals surface area (Å²) in [6, 6.07) is 16.0. The number of aromatic nitrogens is 1. The van der Waals surface area contributed by atoms with Crippen molar-refractivity contribution in [3.05, 3.63) is 65.9 Å². The number of nitrogens with one attached hydrogen (secondary N) is 1. The first kappa shape index (κ1) is 19.7. The van der Waals surface area contributed by atoms with Gasteiger partial charge in [0.2, 0.25) is 0 Å². The number of nitriles is 1. The molecule has 0 spiro atoms. The molecule has 0 fully saturated rings. The number of carboxylic acid groups (broad SMARTS) is 1. The van der Waals surface area contributed by atoms with Gasteiger partial charge in [-0.3, -0.25) is 9.59 Å². The van der Waals surface area contributed by atoms with Gasteiger partial charge in [0.15, 0.2) is 0 Å². The van der Waals surface area contributed by atoms with E-state index in [1.165, 1.54) is 6.08 Å². The summed E-state index contributed by atoms with van der Waals surface area (Å²) < 4.78 is 6.98. The van der Waals surface area contributed by atoms with Gasteiger partial charge in [0.05, 0.1) is 6.61 Å². The summed E-state index contributed by atoms with van der Waals surface area (Å²) in [4.78, 5) is 23.7. The second-order valence-electron chi connectivity index (χ2n) is 6.21. The molecule has 0 aliphatic heterocycles. The maximum Gasteiger partial charge on any atom is 0.323 e. The van der Waals surface area contributed by atoms with Crippen molar-refractivity contribution in [3.63, 3.8) is 0 Å². The molecule has 0 aliphatic rings. The van der Waals surface area contributed by atoms with Crippen molar-refractivity contribution >= 4 is 34.5 Å². The molecular weight excluding hydrogens is 370 g/mol. The number of hydrogen-bond donors (Lipinski definition) is 2. The number of ether oxygens (including phenoxy) is 1. The van der Waals surface area contributed by atoms with E-state index in [4.69, 9.17) is 9.84 Å².